The lowest BCUT2D eigenvalue weighted by Crippen LogP contribution is -2.41. The summed E-state index contributed by atoms with van der Waals surface area (Å²) in [5, 5.41) is 6.25. The van der Waals surface area contributed by atoms with Crippen LogP contribution in [0.5, 0.6) is 11.8 Å². The number of amides is 1. The molecule has 2 aromatic heterocycles. The smallest absolute Gasteiger partial charge is 0.352 e. The maximum Gasteiger partial charge on any atom is 0.352 e. The molecule has 10 nitrogen and oxygen atoms in total. The first kappa shape index (κ1) is 20.7. The molecule has 1 N–H and O–H groups in total. The van der Waals surface area contributed by atoms with Gasteiger partial charge in [-0.3, -0.25) is 9.59 Å². The molecule has 0 fully saturated rings. The quantitative estimate of drug-likeness (QED) is 0.637. The number of halogens is 1. The van der Waals surface area contributed by atoms with Crippen molar-refractivity contribution in [3.8, 4) is 17.4 Å². The van der Waals surface area contributed by atoms with Gasteiger partial charge in [-0.05, 0) is 23.8 Å². The molecule has 30 heavy (non-hydrogen) atoms. The highest BCUT2D eigenvalue weighted by Gasteiger charge is 2.17. The molecule has 3 rings (SSSR count). The van der Waals surface area contributed by atoms with E-state index < -0.39 is 23.0 Å². The van der Waals surface area contributed by atoms with Crippen molar-refractivity contribution in [2.24, 2.45) is 0 Å². The van der Waals surface area contributed by atoms with Crippen LogP contribution in [0.1, 0.15) is 12.5 Å². The number of hydrogen-bond donors (Lipinski definition) is 1. The fourth-order valence-corrected chi connectivity index (χ4v) is 2.67. The molecule has 1 amide bonds. The first-order valence-corrected chi connectivity index (χ1v) is 8.68. The van der Waals surface area contributed by atoms with Crippen LogP contribution in [0.15, 0.2) is 46.1 Å². The van der Waals surface area contributed by atoms with E-state index in [4.69, 9.17) is 9.47 Å². The van der Waals surface area contributed by atoms with E-state index in [0.29, 0.717) is 11.4 Å². The van der Waals surface area contributed by atoms with Crippen molar-refractivity contribution >= 4 is 11.6 Å². The largest absolute Gasteiger partial charge is 0.481 e. The summed E-state index contributed by atoms with van der Waals surface area (Å²) in [6, 6.07) is 6.84. The van der Waals surface area contributed by atoms with E-state index in [1.165, 1.54) is 39.5 Å². The normalized spacial score (nSPS) is 10.5. The molecule has 3 aromatic rings. The summed E-state index contributed by atoms with van der Waals surface area (Å²) in [4.78, 5) is 40.9. The number of benzene rings is 1. The number of rotatable bonds is 6. The number of anilines is 1. The number of nitrogens with zero attached hydrogens (tertiary/aromatic N) is 4. The Morgan fingerprint density at radius 2 is 1.93 bits per heavy atom. The van der Waals surface area contributed by atoms with Gasteiger partial charge in [-0.15, -0.1) is 5.10 Å². The molecular formula is C19H18FN5O5. The van der Waals surface area contributed by atoms with E-state index in [-0.39, 0.29) is 23.8 Å². The minimum atomic E-state index is -0.781. The highest BCUT2D eigenvalue weighted by Crippen LogP contribution is 2.18. The zero-order valence-electron chi connectivity index (χ0n) is 16.4. The summed E-state index contributed by atoms with van der Waals surface area (Å²) in [6.45, 7) is 1.12. The summed E-state index contributed by atoms with van der Waals surface area (Å²) < 4.78 is 25.8. The van der Waals surface area contributed by atoms with Crippen molar-refractivity contribution < 1.29 is 18.7 Å². The fraction of sp³-hybridized carbons (Fsp3) is 0.211. The van der Waals surface area contributed by atoms with Gasteiger partial charge in [0.15, 0.2) is 0 Å². The van der Waals surface area contributed by atoms with E-state index in [0.717, 1.165) is 15.3 Å². The number of hydrogen-bond acceptors (Lipinski definition) is 7. The molecule has 0 aliphatic heterocycles. The molecule has 0 radical (unpaired) electrons. The molecule has 0 saturated heterocycles. The van der Waals surface area contributed by atoms with Crippen molar-refractivity contribution in [1.82, 2.24) is 19.3 Å². The SMILES string of the molecule is COc1ccc(Cn2c(=O)c(OC)nn(-c3ccc(F)c(NC(C)=O)c3)c2=O)cn1. The van der Waals surface area contributed by atoms with Gasteiger partial charge in [0.05, 0.1) is 32.1 Å². The first-order chi connectivity index (χ1) is 14.3. The van der Waals surface area contributed by atoms with Crippen LogP contribution in [-0.2, 0) is 11.3 Å². The van der Waals surface area contributed by atoms with Gasteiger partial charge in [-0.1, -0.05) is 6.07 Å². The van der Waals surface area contributed by atoms with Gasteiger partial charge in [0, 0.05) is 19.2 Å². The number of ether oxygens (including phenoxy) is 2. The van der Waals surface area contributed by atoms with Crippen LogP contribution < -0.4 is 26.0 Å². The van der Waals surface area contributed by atoms with Crippen molar-refractivity contribution in [3.63, 3.8) is 0 Å². The topological polar surface area (TPSA) is 117 Å². The second-order valence-electron chi connectivity index (χ2n) is 6.15. The van der Waals surface area contributed by atoms with Gasteiger partial charge in [-0.25, -0.2) is 18.7 Å². The Labute approximate surface area is 169 Å². The summed E-state index contributed by atoms with van der Waals surface area (Å²) in [6.07, 6.45) is 1.47. The molecule has 0 bridgehead atoms. The predicted molar refractivity (Wildman–Crippen MR) is 105 cm³/mol. The van der Waals surface area contributed by atoms with Crippen LogP contribution >= 0.6 is 0 Å². The Morgan fingerprint density at radius 1 is 1.17 bits per heavy atom. The second kappa shape index (κ2) is 8.55. The molecule has 156 valence electrons. The van der Waals surface area contributed by atoms with Gasteiger partial charge in [0.1, 0.15) is 5.82 Å². The van der Waals surface area contributed by atoms with Gasteiger partial charge < -0.3 is 14.8 Å². The van der Waals surface area contributed by atoms with E-state index in [1.54, 1.807) is 12.1 Å². The maximum atomic E-state index is 14.0. The third kappa shape index (κ3) is 4.19. The summed E-state index contributed by atoms with van der Waals surface area (Å²) in [5.41, 5.74) is -0.960. The van der Waals surface area contributed by atoms with E-state index >= 15 is 0 Å². The molecule has 0 aliphatic rings. The molecule has 0 aliphatic carbocycles. The van der Waals surface area contributed by atoms with Crippen LogP contribution in [0.2, 0.25) is 0 Å². The lowest BCUT2D eigenvalue weighted by atomic mass is 10.2. The number of aromatic nitrogens is 4. The second-order valence-corrected chi connectivity index (χ2v) is 6.15. The van der Waals surface area contributed by atoms with E-state index in [2.05, 4.69) is 15.4 Å². The number of carbonyl (C=O) groups excluding carboxylic acids is 1. The minimum absolute atomic E-state index is 0.104. The first-order valence-electron chi connectivity index (χ1n) is 8.68. The molecule has 0 unspecified atom stereocenters. The fourth-order valence-electron chi connectivity index (χ4n) is 2.67. The Balaban J connectivity index is 2.12. The van der Waals surface area contributed by atoms with E-state index in [1.807, 2.05) is 0 Å². The number of nitrogens with one attached hydrogen (secondary N) is 1. The van der Waals surface area contributed by atoms with E-state index in [9.17, 15) is 18.8 Å². The Bertz CT molecular complexity index is 1200. The average Bonchev–Trinajstić information content (AvgIpc) is 2.73. The lowest BCUT2D eigenvalue weighted by Gasteiger charge is -2.13. The number of pyridine rings is 1. The van der Waals surface area contributed by atoms with Crippen molar-refractivity contribution in [2.45, 2.75) is 13.5 Å². The van der Waals surface area contributed by atoms with Gasteiger partial charge in [0.2, 0.25) is 11.8 Å². The number of carbonyl (C=O) groups is 1. The van der Waals surface area contributed by atoms with Crippen LogP contribution in [-0.4, -0.2) is 39.5 Å². The van der Waals surface area contributed by atoms with Crippen LogP contribution in [0, 0.1) is 5.82 Å². The zero-order chi connectivity index (χ0) is 21.8. The Morgan fingerprint density at radius 3 is 2.53 bits per heavy atom. The molecule has 2 heterocycles. The zero-order valence-corrected chi connectivity index (χ0v) is 16.4. The van der Waals surface area contributed by atoms with Crippen molar-refractivity contribution in [3.05, 3.63) is 68.7 Å². The van der Waals surface area contributed by atoms with Gasteiger partial charge in [-0.2, -0.15) is 4.68 Å². The molecular weight excluding hydrogens is 397 g/mol. The highest BCUT2D eigenvalue weighted by atomic mass is 19.1. The number of methoxy groups -OCH3 is 2. The van der Waals surface area contributed by atoms with Crippen LogP contribution in [0.4, 0.5) is 10.1 Å². The summed E-state index contributed by atoms with van der Waals surface area (Å²) in [5.74, 6) is -1.12. The van der Waals surface area contributed by atoms with Crippen LogP contribution in [0.3, 0.4) is 0 Å². The predicted octanol–water partition coefficient (Wildman–Crippen LogP) is 0.952. The van der Waals surface area contributed by atoms with Crippen LogP contribution in [0.25, 0.3) is 5.69 Å². The Kier molecular flexibility index (Phi) is 5.90. The molecule has 0 atom stereocenters. The monoisotopic (exact) mass is 415 g/mol. The van der Waals surface area contributed by atoms with Crippen molar-refractivity contribution in [1.29, 1.82) is 0 Å². The minimum Gasteiger partial charge on any atom is -0.481 e. The molecule has 1 aromatic carbocycles. The molecule has 0 saturated carbocycles. The third-order valence-corrected chi connectivity index (χ3v) is 4.08. The standard InChI is InChI=1S/C19H18FN5O5/c1-11(26)22-15-8-13(5-6-14(15)20)25-19(28)24(18(27)17(23-25)30-3)10-12-4-7-16(29-2)21-9-12/h4-9H,10H2,1-3H3,(H,22,26). The maximum absolute atomic E-state index is 14.0. The average molecular weight is 415 g/mol. The Hall–Kier alpha value is -4.02. The lowest BCUT2D eigenvalue weighted by molar-refractivity contribution is -0.114. The molecule has 0 spiro atoms. The van der Waals surface area contributed by atoms with Gasteiger partial charge >= 0.3 is 11.2 Å². The van der Waals surface area contributed by atoms with Gasteiger partial charge in [0.25, 0.3) is 5.88 Å². The molecule has 11 heteroatoms. The highest BCUT2D eigenvalue weighted by molar-refractivity contribution is 5.89. The summed E-state index contributed by atoms with van der Waals surface area (Å²) in [7, 11) is 2.71. The third-order valence-electron chi connectivity index (χ3n) is 4.08. The van der Waals surface area contributed by atoms with Crippen molar-refractivity contribution in [2.75, 3.05) is 19.5 Å². The summed E-state index contributed by atoms with van der Waals surface area (Å²) >= 11 is 0.